The number of fused-ring (bicyclic) bond motifs is 4. The number of para-hydroxylation sites is 2. The van der Waals surface area contributed by atoms with Gasteiger partial charge in [-0.05, 0) is 23.8 Å². The number of nitrogens with zero attached hydrogens (tertiary/aromatic N) is 3. The molecule has 0 saturated heterocycles. The minimum atomic E-state index is -1.16. The maximum absolute atomic E-state index is 13.4. The number of carbonyl (C=O) groups excluding carboxylic acids is 2. The number of halogens is 2. The zero-order chi connectivity index (χ0) is 19.6. The van der Waals surface area contributed by atoms with Crippen molar-refractivity contribution in [3.05, 3.63) is 69.8 Å². The van der Waals surface area contributed by atoms with Crippen LogP contribution in [0.5, 0.6) is 0 Å². The van der Waals surface area contributed by atoms with Crippen molar-refractivity contribution in [1.82, 2.24) is 9.78 Å². The number of rotatable bonds is 1. The van der Waals surface area contributed by atoms with E-state index in [1.165, 1.54) is 4.90 Å². The molecule has 0 radical (unpaired) electrons. The van der Waals surface area contributed by atoms with E-state index in [1.807, 2.05) is 18.2 Å². The Labute approximate surface area is 170 Å². The van der Waals surface area contributed by atoms with Gasteiger partial charge in [0.1, 0.15) is 11.2 Å². The van der Waals surface area contributed by atoms with Crippen LogP contribution >= 0.6 is 23.2 Å². The molecule has 1 aromatic heterocycles. The molecule has 1 N–H and O–H groups in total. The van der Waals surface area contributed by atoms with Gasteiger partial charge in [0, 0.05) is 19.0 Å². The fourth-order valence-corrected chi connectivity index (χ4v) is 4.75. The zero-order valence-corrected chi connectivity index (χ0v) is 16.3. The van der Waals surface area contributed by atoms with Gasteiger partial charge in [0.25, 0.3) is 0 Å². The number of anilines is 2. The largest absolute Gasteiger partial charge is 0.313 e. The quantitative estimate of drug-likeness (QED) is 0.660. The lowest BCUT2D eigenvalue weighted by molar-refractivity contribution is -0.126. The minimum Gasteiger partial charge on any atom is -0.313 e. The van der Waals surface area contributed by atoms with E-state index in [2.05, 4.69) is 10.4 Å². The highest BCUT2D eigenvalue weighted by Crippen LogP contribution is 2.53. The van der Waals surface area contributed by atoms with E-state index in [0.29, 0.717) is 38.4 Å². The summed E-state index contributed by atoms with van der Waals surface area (Å²) in [5.41, 5.74) is 1.42. The summed E-state index contributed by atoms with van der Waals surface area (Å²) in [4.78, 5) is 27.7. The van der Waals surface area contributed by atoms with Gasteiger partial charge in [0.2, 0.25) is 11.8 Å². The molecule has 140 valence electrons. The third-order valence-corrected chi connectivity index (χ3v) is 6.07. The van der Waals surface area contributed by atoms with Crippen LogP contribution in [0.2, 0.25) is 10.0 Å². The molecule has 1 unspecified atom stereocenters. The topological polar surface area (TPSA) is 67.2 Å². The molecule has 0 saturated carbocycles. The molecule has 6 nitrogen and oxygen atoms in total. The number of aromatic nitrogens is 2. The Morgan fingerprint density at radius 2 is 1.79 bits per heavy atom. The first kappa shape index (κ1) is 17.3. The molecule has 2 aliphatic heterocycles. The van der Waals surface area contributed by atoms with Crippen molar-refractivity contribution < 1.29 is 9.59 Å². The molecular formula is C20H14Cl2N4O2. The van der Waals surface area contributed by atoms with Crippen molar-refractivity contribution in [2.24, 2.45) is 0 Å². The smallest absolute Gasteiger partial charge is 0.242 e. The Morgan fingerprint density at radius 1 is 1.04 bits per heavy atom. The van der Waals surface area contributed by atoms with Crippen LogP contribution in [0, 0.1) is 0 Å². The third-order valence-electron chi connectivity index (χ3n) is 5.44. The summed E-state index contributed by atoms with van der Waals surface area (Å²) in [7, 11) is 1.67. The molecule has 0 bridgehead atoms. The number of carbonyl (C=O) groups is 2. The Morgan fingerprint density at radius 3 is 2.57 bits per heavy atom. The predicted octanol–water partition coefficient (Wildman–Crippen LogP) is 3.78. The standard InChI is InChI=1S/C20H14Cl2N4O2/c1-25-17-11(5-4-7-14(17)22)20(19(25)28)9-16(27)24-18-12(20)10-23-26(18)15-8-3-2-6-13(15)21/h2-8,10H,9H2,1H3,(H,24,27). The van der Waals surface area contributed by atoms with Crippen molar-refractivity contribution in [3.63, 3.8) is 0 Å². The van der Waals surface area contributed by atoms with Gasteiger partial charge < -0.3 is 10.2 Å². The highest BCUT2D eigenvalue weighted by molar-refractivity contribution is 6.35. The highest BCUT2D eigenvalue weighted by Gasteiger charge is 2.56. The molecule has 0 aliphatic carbocycles. The second-order valence-corrected chi connectivity index (χ2v) is 7.71. The van der Waals surface area contributed by atoms with Gasteiger partial charge in [-0.25, -0.2) is 4.68 Å². The average Bonchev–Trinajstić information content (AvgIpc) is 3.18. The van der Waals surface area contributed by atoms with E-state index in [9.17, 15) is 9.59 Å². The minimum absolute atomic E-state index is 0.00920. The molecule has 1 atom stereocenters. The van der Waals surface area contributed by atoms with Crippen LogP contribution < -0.4 is 10.2 Å². The van der Waals surface area contributed by atoms with Gasteiger partial charge in [0.05, 0.1) is 27.6 Å². The van der Waals surface area contributed by atoms with Crippen LogP contribution in [-0.2, 0) is 15.0 Å². The van der Waals surface area contributed by atoms with E-state index in [1.54, 1.807) is 42.2 Å². The lowest BCUT2D eigenvalue weighted by Gasteiger charge is -2.32. The summed E-state index contributed by atoms with van der Waals surface area (Å²) in [6.07, 6.45) is 1.62. The van der Waals surface area contributed by atoms with Crippen LogP contribution in [0.15, 0.2) is 48.7 Å². The van der Waals surface area contributed by atoms with Crippen molar-refractivity contribution in [2.75, 3.05) is 17.3 Å². The molecule has 2 amide bonds. The van der Waals surface area contributed by atoms with Crippen molar-refractivity contribution in [2.45, 2.75) is 11.8 Å². The molecule has 1 spiro atoms. The SMILES string of the molecule is CN1C(=O)C2(CC(=O)Nc3c2cnn3-c2ccccc2Cl)c2cccc(Cl)c21. The van der Waals surface area contributed by atoms with Gasteiger partial charge in [-0.3, -0.25) is 9.59 Å². The Balaban J connectivity index is 1.81. The summed E-state index contributed by atoms with van der Waals surface area (Å²) in [6.45, 7) is 0. The number of hydrogen-bond acceptors (Lipinski definition) is 3. The Hall–Kier alpha value is -2.83. The van der Waals surface area contributed by atoms with Gasteiger partial charge in [-0.15, -0.1) is 0 Å². The van der Waals surface area contributed by atoms with Crippen molar-refractivity contribution >= 4 is 46.5 Å². The number of nitrogens with one attached hydrogen (secondary N) is 1. The van der Waals surface area contributed by atoms with Crippen LogP contribution in [0.1, 0.15) is 17.5 Å². The molecule has 2 aromatic carbocycles. The van der Waals surface area contributed by atoms with Crippen molar-refractivity contribution in [1.29, 1.82) is 0 Å². The zero-order valence-electron chi connectivity index (χ0n) is 14.7. The number of likely N-dealkylation sites (N-methyl/N-ethyl adjacent to an activating group) is 1. The number of amides is 2. The van der Waals surface area contributed by atoms with E-state index < -0.39 is 5.41 Å². The summed E-state index contributed by atoms with van der Waals surface area (Å²) in [5, 5.41) is 8.27. The summed E-state index contributed by atoms with van der Waals surface area (Å²) in [5.74, 6) is -0.0276. The van der Waals surface area contributed by atoms with E-state index in [-0.39, 0.29) is 18.2 Å². The fourth-order valence-electron chi connectivity index (χ4n) is 4.23. The van der Waals surface area contributed by atoms with Crippen molar-refractivity contribution in [3.8, 4) is 5.69 Å². The highest BCUT2D eigenvalue weighted by atomic mass is 35.5. The number of benzene rings is 2. The Bertz CT molecular complexity index is 1170. The summed E-state index contributed by atoms with van der Waals surface area (Å²) < 4.78 is 1.56. The van der Waals surface area contributed by atoms with Crippen LogP contribution in [-0.4, -0.2) is 28.6 Å². The van der Waals surface area contributed by atoms with Gasteiger partial charge in [-0.2, -0.15) is 5.10 Å². The molecule has 0 fully saturated rings. The molecule has 3 aromatic rings. The van der Waals surface area contributed by atoms with Gasteiger partial charge in [0.15, 0.2) is 0 Å². The summed E-state index contributed by atoms with van der Waals surface area (Å²) in [6, 6.07) is 12.6. The second-order valence-electron chi connectivity index (χ2n) is 6.90. The monoisotopic (exact) mass is 412 g/mol. The fraction of sp³-hybridized carbons (Fsp3) is 0.150. The average molecular weight is 413 g/mol. The molecule has 2 aliphatic rings. The molecule has 3 heterocycles. The first-order valence-electron chi connectivity index (χ1n) is 8.65. The maximum Gasteiger partial charge on any atom is 0.242 e. The molecule has 28 heavy (non-hydrogen) atoms. The molecule has 8 heteroatoms. The summed E-state index contributed by atoms with van der Waals surface area (Å²) >= 11 is 12.7. The normalized spacial score (nSPS) is 20.3. The van der Waals surface area contributed by atoms with E-state index >= 15 is 0 Å². The van der Waals surface area contributed by atoms with Crippen LogP contribution in [0.25, 0.3) is 5.69 Å². The predicted molar refractivity (Wildman–Crippen MR) is 107 cm³/mol. The molecule has 5 rings (SSSR count). The Kier molecular flexibility index (Phi) is 3.60. The third kappa shape index (κ3) is 2.07. The van der Waals surface area contributed by atoms with Gasteiger partial charge in [-0.1, -0.05) is 47.5 Å². The van der Waals surface area contributed by atoms with Gasteiger partial charge >= 0.3 is 0 Å². The number of hydrogen-bond donors (Lipinski definition) is 1. The lowest BCUT2D eigenvalue weighted by atomic mass is 9.72. The maximum atomic E-state index is 13.4. The van der Waals surface area contributed by atoms with Crippen LogP contribution in [0.3, 0.4) is 0 Å². The van der Waals surface area contributed by atoms with E-state index in [4.69, 9.17) is 23.2 Å². The molecular weight excluding hydrogens is 399 g/mol. The van der Waals surface area contributed by atoms with E-state index in [0.717, 1.165) is 0 Å². The lowest BCUT2D eigenvalue weighted by Crippen LogP contribution is -2.45. The van der Waals surface area contributed by atoms with Crippen LogP contribution in [0.4, 0.5) is 11.5 Å². The first-order chi connectivity index (χ1) is 13.4. The first-order valence-corrected chi connectivity index (χ1v) is 9.41. The second kappa shape index (κ2) is 5.83.